The summed E-state index contributed by atoms with van der Waals surface area (Å²) in [4.78, 5) is 12.5. The molecule has 0 atom stereocenters. The van der Waals surface area contributed by atoms with Crippen LogP contribution in [0.15, 0.2) is 72.3 Å². The molecule has 0 saturated carbocycles. The second-order valence-electron chi connectivity index (χ2n) is 7.03. The molecule has 3 aromatic carbocycles. The van der Waals surface area contributed by atoms with E-state index in [0.29, 0.717) is 22.1 Å². The summed E-state index contributed by atoms with van der Waals surface area (Å²) >= 11 is 5.88. The first-order valence-electron chi connectivity index (χ1n) is 9.85. The van der Waals surface area contributed by atoms with Crippen LogP contribution < -0.4 is 14.8 Å². The van der Waals surface area contributed by atoms with Gasteiger partial charge < -0.3 is 14.8 Å². The van der Waals surface area contributed by atoms with Gasteiger partial charge in [-0.05, 0) is 59.7 Å². The number of hydrogen-bond acceptors (Lipinski definition) is 4. The molecule has 0 saturated heterocycles. The summed E-state index contributed by atoms with van der Waals surface area (Å²) in [6.07, 6.45) is -3.25. The minimum Gasteiger partial charge on any atom is -0.493 e. The number of halogens is 4. The van der Waals surface area contributed by atoms with E-state index in [-0.39, 0.29) is 17.9 Å². The molecule has 0 spiro atoms. The van der Waals surface area contributed by atoms with Crippen LogP contribution in [0.2, 0.25) is 5.02 Å². The second-order valence-corrected chi connectivity index (χ2v) is 7.46. The van der Waals surface area contributed by atoms with Crippen molar-refractivity contribution in [2.75, 3.05) is 12.4 Å². The van der Waals surface area contributed by atoms with Gasteiger partial charge >= 0.3 is 6.18 Å². The van der Waals surface area contributed by atoms with Crippen LogP contribution >= 0.6 is 11.6 Å². The Bertz CT molecular complexity index is 1250. The fourth-order valence-electron chi connectivity index (χ4n) is 2.92. The number of methoxy groups -OCH3 is 1. The molecule has 174 valence electrons. The van der Waals surface area contributed by atoms with Gasteiger partial charge in [0, 0.05) is 10.7 Å². The largest absolute Gasteiger partial charge is 0.493 e. The Balaban J connectivity index is 1.75. The monoisotopic (exact) mass is 486 g/mol. The zero-order valence-corrected chi connectivity index (χ0v) is 18.6. The number of carbonyl (C=O) groups excluding carboxylic acids is 1. The minimum atomic E-state index is -4.55. The zero-order valence-electron chi connectivity index (χ0n) is 17.8. The number of amides is 1. The van der Waals surface area contributed by atoms with Gasteiger partial charge in [0.1, 0.15) is 18.2 Å². The number of ether oxygens (including phenoxy) is 2. The van der Waals surface area contributed by atoms with Gasteiger partial charge in [-0.1, -0.05) is 35.9 Å². The molecule has 0 unspecified atom stereocenters. The van der Waals surface area contributed by atoms with Crippen LogP contribution in [0.1, 0.15) is 16.7 Å². The number of nitrogens with one attached hydrogen (secondary N) is 1. The molecule has 0 aliphatic carbocycles. The van der Waals surface area contributed by atoms with E-state index >= 15 is 0 Å². The van der Waals surface area contributed by atoms with E-state index in [1.807, 2.05) is 12.1 Å². The van der Waals surface area contributed by atoms with Crippen LogP contribution in [0.3, 0.4) is 0 Å². The maximum atomic E-state index is 12.9. The van der Waals surface area contributed by atoms with Crippen molar-refractivity contribution in [3.05, 3.63) is 94.0 Å². The van der Waals surface area contributed by atoms with Crippen LogP contribution in [0, 0.1) is 11.3 Å². The van der Waals surface area contributed by atoms with Gasteiger partial charge in [0.25, 0.3) is 5.91 Å². The molecule has 9 heteroatoms. The Hall–Kier alpha value is -3.96. The number of benzene rings is 3. The average molecular weight is 487 g/mol. The van der Waals surface area contributed by atoms with Gasteiger partial charge in [-0.2, -0.15) is 18.4 Å². The Labute approximate surface area is 199 Å². The predicted octanol–water partition coefficient (Wildman–Crippen LogP) is 6.49. The molecule has 0 heterocycles. The smallest absolute Gasteiger partial charge is 0.416 e. The summed E-state index contributed by atoms with van der Waals surface area (Å²) in [5.74, 6) is -0.0244. The molecule has 34 heavy (non-hydrogen) atoms. The Morgan fingerprint density at radius 3 is 2.47 bits per heavy atom. The third-order valence-corrected chi connectivity index (χ3v) is 4.87. The van der Waals surface area contributed by atoms with Gasteiger partial charge in [0.15, 0.2) is 11.5 Å². The molecule has 3 aromatic rings. The molecule has 0 aliphatic heterocycles. The highest BCUT2D eigenvalue weighted by atomic mass is 35.5. The first-order chi connectivity index (χ1) is 16.2. The maximum absolute atomic E-state index is 12.9. The lowest BCUT2D eigenvalue weighted by molar-refractivity contribution is -0.137. The molecule has 1 N–H and O–H groups in total. The molecule has 1 amide bonds. The summed E-state index contributed by atoms with van der Waals surface area (Å²) in [6, 6.07) is 17.9. The van der Waals surface area contributed by atoms with Gasteiger partial charge in [-0.25, -0.2) is 0 Å². The van der Waals surface area contributed by atoms with Gasteiger partial charge in [0.2, 0.25) is 0 Å². The van der Waals surface area contributed by atoms with Crippen molar-refractivity contribution in [2.24, 2.45) is 0 Å². The van der Waals surface area contributed by atoms with Crippen LogP contribution in [0.25, 0.3) is 6.08 Å². The lowest BCUT2D eigenvalue weighted by Gasteiger charge is -2.12. The number of rotatable bonds is 7. The normalized spacial score (nSPS) is 11.5. The van der Waals surface area contributed by atoms with Crippen LogP contribution in [0.4, 0.5) is 18.9 Å². The van der Waals surface area contributed by atoms with Crippen LogP contribution in [-0.4, -0.2) is 13.0 Å². The number of alkyl halides is 3. The Morgan fingerprint density at radius 2 is 1.82 bits per heavy atom. The van der Waals surface area contributed by atoms with Gasteiger partial charge in [-0.3, -0.25) is 4.79 Å². The van der Waals surface area contributed by atoms with E-state index in [1.165, 1.54) is 25.3 Å². The molecule has 0 fully saturated rings. The van der Waals surface area contributed by atoms with E-state index < -0.39 is 17.6 Å². The van der Waals surface area contributed by atoms with Crippen molar-refractivity contribution in [3.63, 3.8) is 0 Å². The Kier molecular flexibility index (Phi) is 7.82. The number of anilines is 1. The standard InChI is InChI=1S/C25H18ClF3N2O3/c1-33-23-12-17(7-10-22(23)34-15-16-5-8-20(26)9-6-16)11-18(14-30)24(32)31-21-4-2-3-19(13-21)25(27,28)29/h2-13H,15H2,1H3,(H,31,32)/b18-11-. The first-order valence-corrected chi connectivity index (χ1v) is 10.2. The Morgan fingerprint density at radius 1 is 1.09 bits per heavy atom. The molecule has 0 radical (unpaired) electrons. The van der Waals surface area contributed by atoms with Crippen molar-refractivity contribution < 1.29 is 27.4 Å². The molecular weight excluding hydrogens is 469 g/mol. The van der Waals surface area contributed by atoms with Crippen molar-refractivity contribution in [1.29, 1.82) is 5.26 Å². The van der Waals surface area contributed by atoms with Crippen LogP contribution in [0.5, 0.6) is 11.5 Å². The van der Waals surface area contributed by atoms with E-state index in [1.54, 1.807) is 36.4 Å². The first kappa shape index (κ1) is 24.7. The highest BCUT2D eigenvalue weighted by Crippen LogP contribution is 2.31. The third kappa shape index (κ3) is 6.53. The quantitative estimate of drug-likeness (QED) is 0.306. The van der Waals surface area contributed by atoms with E-state index in [9.17, 15) is 23.2 Å². The molecular formula is C25H18ClF3N2O3. The third-order valence-electron chi connectivity index (χ3n) is 4.62. The molecule has 0 aliphatic rings. The highest BCUT2D eigenvalue weighted by molar-refractivity contribution is 6.30. The van der Waals surface area contributed by atoms with Crippen molar-refractivity contribution in [3.8, 4) is 17.6 Å². The fraction of sp³-hybridized carbons (Fsp3) is 0.120. The molecule has 3 rings (SSSR count). The number of nitriles is 1. The summed E-state index contributed by atoms with van der Waals surface area (Å²) in [7, 11) is 1.45. The van der Waals surface area contributed by atoms with Crippen molar-refractivity contribution in [2.45, 2.75) is 12.8 Å². The van der Waals surface area contributed by atoms with E-state index in [4.69, 9.17) is 21.1 Å². The highest BCUT2D eigenvalue weighted by Gasteiger charge is 2.30. The number of carbonyl (C=O) groups is 1. The number of nitrogens with zero attached hydrogens (tertiary/aromatic N) is 1. The zero-order chi connectivity index (χ0) is 24.7. The summed E-state index contributed by atoms with van der Waals surface area (Å²) in [5.41, 5.74) is 0.0744. The van der Waals surface area contributed by atoms with E-state index in [2.05, 4.69) is 5.32 Å². The van der Waals surface area contributed by atoms with Gasteiger partial charge in [-0.15, -0.1) is 0 Å². The van der Waals surface area contributed by atoms with Gasteiger partial charge in [0.05, 0.1) is 12.7 Å². The number of hydrogen-bond donors (Lipinski definition) is 1. The minimum absolute atomic E-state index is 0.0792. The lowest BCUT2D eigenvalue weighted by atomic mass is 10.1. The van der Waals surface area contributed by atoms with Crippen molar-refractivity contribution in [1.82, 2.24) is 0 Å². The van der Waals surface area contributed by atoms with Crippen molar-refractivity contribution >= 4 is 29.3 Å². The maximum Gasteiger partial charge on any atom is 0.416 e. The SMILES string of the molecule is COc1cc(/C=C(/C#N)C(=O)Nc2cccc(C(F)(F)F)c2)ccc1OCc1ccc(Cl)cc1. The topological polar surface area (TPSA) is 71.3 Å². The van der Waals surface area contributed by atoms with Crippen LogP contribution in [-0.2, 0) is 17.6 Å². The summed E-state index contributed by atoms with van der Waals surface area (Å²) in [5, 5.41) is 12.3. The predicted molar refractivity (Wildman–Crippen MR) is 122 cm³/mol. The second kappa shape index (κ2) is 10.8. The average Bonchev–Trinajstić information content (AvgIpc) is 2.82. The fourth-order valence-corrected chi connectivity index (χ4v) is 3.05. The lowest BCUT2D eigenvalue weighted by Crippen LogP contribution is -2.14. The molecule has 0 bridgehead atoms. The summed E-state index contributed by atoms with van der Waals surface area (Å²) in [6.45, 7) is 0.269. The molecule has 5 nitrogen and oxygen atoms in total. The summed E-state index contributed by atoms with van der Waals surface area (Å²) < 4.78 is 49.8. The van der Waals surface area contributed by atoms with E-state index in [0.717, 1.165) is 17.7 Å². The molecule has 0 aromatic heterocycles.